The van der Waals surface area contributed by atoms with Gasteiger partial charge in [0.15, 0.2) is 0 Å². The summed E-state index contributed by atoms with van der Waals surface area (Å²) >= 11 is 3.14. The minimum atomic E-state index is -0.535. The number of amides is 1. The van der Waals surface area contributed by atoms with Crippen LogP contribution in [0.25, 0.3) is 0 Å². The minimum Gasteiger partial charge on any atom is -0.444 e. The summed E-state index contributed by atoms with van der Waals surface area (Å²) in [7, 11) is 0. The number of nitrogen functional groups attached to an aromatic ring is 1. The number of piperazine rings is 1. The Balaban J connectivity index is 2.19. The molecule has 1 amide bonds. The van der Waals surface area contributed by atoms with Crippen LogP contribution in [0, 0.1) is 5.82 Å². The van der Waals surface area contributed by atoms with Gasteiger partial charge < -0.3 is 15.4 Å². The predicted octanol–water partition coefficient (Wildman–Crippen LogP) is 4.00. The maximum Gasteiger partial charge on any atom is 0.410 e. The van der Waals surface area contributed by atoms with E-state index >= 15 is 0 Å². The molecule has 7 heteroatoms. The molecule has 1 heterocycles. The lowest BCUT2D eigenvalue weighted by Gasteiger charge is -2.45. The van der Waals surface area contributed by atoms with Gasteiger partial charge in [0.25, 0.3) is 0 Å². The van der Waals surface area contributed by atoms with Crippen molar-refractivity contribution in [3.8, 4) is 0 Å². The fraction of sp³-hybridized carbons (Fsp3) is 0.588. The molecule has 0 unspecified atom stereocenters. The maximum atomic E-state index is 13.9. The van der Waals surface area contributed by atoms with Gasteiger partial charge in [-0.25, -0.2) is 9.18 Å². The highest BCUT2D eigenvalue weighted by molar-refractivity contribution is 9.10. The predicted molar refractivity (Wildman–Crippen MR) is 97.7 cm³/mol. The van der Waals surface area contributed by atoms with E-state index in [0.29, 0.717) is 28.9 Å². The van der Waals surface area contributed by atoms with Gasteiger partial charge in [-0.05, 0) is 56.6 Å². The number of carbonyl (C=O) groups excluding carboxylic acids is 1. The van der Waals surface area contributed by atoms with E-state index in [4.69, 9.17) is 10.5 Å². The molecule has 134 valence electrons. The second-order valence-electron chi connectivity index (χ2n) is 7.32. The topological polar surface area (TPSA) is 58.8 Å². The molecule has 5 nitrogen and oxygen atoms in total. The summed E-state index contributed by atoms with van der Waals surface area (Å²) in [6, 6.07) is 2.85. The van der Waals surface area contributed by atoms with E-state index in [-0.39, 0.29) is 24.0 Å². The lowest BCUT2D eigenvalue weighted by Crippen LogP contribution is -2.59. The highest BCUT2D eigenvalue weighted by atomic mass is 79.9. The van der Waals surface area contributed by atoms with Crippen molar-refractivity contribution in [2.75, 3.05) is 23.7 Å². The quantitative estimate of drug-likeness (QED) is 0.722. The molecule has 1 fully saturated rings. The first-order valence-corrected chi connectivity index (χ1v) is 8.79. The number of hydrogen-bond acceptors (Lipinski definition) is 4. The van der Waals surface area contributed by atoms with E-state index in [0.717, 1.165) is 0 Å². The summed E-state index contributed by atoms with van der Waals surface area (Å²) in [5.41, 5.74) is 6.67. The van der Waals surface area contributed by atoms with Gasteiger partial charge in [-0.3, -0.25) is 4.90 Å². The van der Waals surface area contributed by atoms with Crippen LogP contribution in [0.5, 0.6) is 0 Å². The Labute approximate surface area is 151 Å². The van der Waals surface area contributed by atoms with Crippen molar-refractivity contribution in [2.24, 2.45) is 0 Å². The number of nitrogens with two attached hydrogens (primary N) is 1. The van der Waals surface area contributed by atoms with Crippen molar-refractivity contribution < 1.29 is 13.9 Å². The number of halogens is 2. The molecule has 1 aromatic carbocycles. The Bertz CT molecular complexity index is 621. The van der Waals surface area contributed by atoms with Crippen LogP contribution in [-0.2, 0) is 4.74 Å². The van der Waals surface area contributed by atoms with E-state index in [9.17, 15) is 9.18 Å². The van der Waals surface area contributed by atoms with Crippen molar-refractivity contribution in [3.05, 3.63) is 22.4 Å². The van der Waals surface area contributed by atoms with Gasteiger partial charge in [0.2, 0.25) is 0 Å². The average Bonchev–Trinajstić information content (AvgIpc) is 2.39. The molecule has 1 aliphatic rings. The van der Waals surface area contributed by atoms with Gasteiger partial charge in [0.05, 0.1) is 27.9 Å². The van der Waals surface area contributed by atoms with Crippen molar-refractivity contribution in [3.63, 3.8) is 0 Å². The van der Waals surface area contributed by atoms with Crippen LogP contribution in [0.2, 0.25) is 0 Å². The van der Waals surface area contributed by atoms with Crippen molar-refractivity contribution in [2.45, 2.75) is 52.3 Å². The number of ether oxygens (including phenoxy) is 1. The normalized spacial score (nSPS) is 21.8. The van der Waals surface area contributed by atoms with Gasteiger partial charge >= 0.3 is 6.09 Å². The van der Waals surface area contributed by atoms with E-state index < -0.39 is 5.60 Å². The molecule has 24 heavy (non-hydrogen) atoms. The second kappa shape index (κ2) is 6.78. The van der Waals surface area contributed by atoms with Gasteiger partial charge in [0, 0.05) is 19.2 Å². The Morgan fingerprint density at radius 1 is 1.29 bits per heavy atom. The maximum absolute atomic E-state index is 13.9. The van der Waals surface area contributed by atoms with Crippen molar-refractivity contribution in [1.82, 2.24) is 4.90 Å². The zero-order valence-corrected chi connectivity index (χ0v) is 16.4. The summed E-state index contributed by atoms with van der Waals surface area (Å²) in [6.45, 7) is 10.6. The largest absolute Gasteiger partial charge is 0.444 e. The Morgan fingerprint density at radius 2 is 1.83 bits per heavy atom. The average molecular weight is 402 g/mol. The first-order valence-electron chi connectivity index (χ1n) is 8.00. The molecular weight excluding hydrogens is 377 g/mol. The molecule has 1 saturated heterocycles. The molecule has 0 aliphatic carbocycles. The molecule has 0 saturated carbocycles. The fourth-order valence-electron chi connectivity index (χ4n) is 3.02. The number of carbonyl (C=O) groups is 1. The van der Waals surface area contributed by atoms with Gasteiger partial charge in [-0.1, -0.05) is 0 Å². The summed E-state index contributed by atoms with van der Waals surface area (Å²) < 4.78 is 19.7. The van der Waals surface area contributed by atoms with Crippen LogP contribution in [-0.4, -0.2) is 41.8 Å². The number of rotatable bonds is 1. The van der Waals surface area contributed by atoms with Crippen LogP contribution in [0.15, 0.2) is 16.6 Å². The van der Waals surface area contributed by atoms with E-state index in [1.165, 1.54) is 6.07 Å². The highest BCUT2D eigenvalue weighted by Crippen LogP contribution is 2.32. The molecule has 2 N–H and O–H groups in total. The molecule has 2 atom stereocenters. The van der Waals surface area contributed by atoms with Crippen LogP contribution in [0.4, 0.5) is 20.6 Å². The van der Waals surface area contributed by atoms with Crippen LogP contribution in [0.3, 0.4) is 0 Å². The van der Waals surface area contributed by atoms with Crippen molar-refractivity contribution in [1.29, 1.82) is 0 Å². The fourth-order valence-corrected chi connectivity index (χ4v) is 3.38. The zero-order valence-electron chi connectivity index (χ0n) is 14.8. The van der Waals surface area contributed by atoms with E-state index in [1.54, 1.807) is 11.0 Å². The number of nitrogens with zero attached hydrogens (tertiary/aromatic N) is 2. The molecule has 0 aromatic heterocycles. The first kappa shape index (κ1) is 18.8. The van der Waals surface area contributed by atoms with E-state index in [2.05, 4.69) is 15.9 Å². The minimum absolute atomic E-state index is 0.0743. The third kappa shape index (κ3) is 4.12. The highest BCUT2D eigenvalue weighted by Gasteiger charge is 2.36. The smallest absolute Gasteiger partial charge is 0.410 e. The monoisotopic (exact) mass is 401 g/mol. The standard InChI is InChI=1S/C17H25BrFN3O2/c1-10-8-21(15-7-13(19)12(18)6-14(15)20)9-11(2)22(10)16(23)24-17(3,4)5/h6-7,10-11H,8-9,20H2,1-5H3/t10-,11+. The second-order valence-corrected chi connectivity index (χ2v) is 8.17. The SMILES string of the molecule is C[C@@H]1CN(c2cc(F)c(Br)cc2N)C[C@H](C)N1C(=O)OC(C)(C)C. The Kier molecular flexibility index (Phi) is 5.32. The molecule has 0 spiro atoms. The zero-order chi connectivity index (χ0) is 18.2. The van der Waals surface area contributed by atoms with Gasteiger partial charge in [0.1, 0.15) is 11.4 Å². The summed E-state index contributed by atoms with van der Waals surface area (Å²) in [6.07, 6.45) is -0.322. The number of benzene rings is 1. The third-order valence-electron chi connectivity index (χ3n) is 3.93. The van der Waals surface area contributed by atoms with Crippen LogP contribution < -0.4 is 10.6 Å². The lowest BCUT2D eigenvalue weighted by atomic mass is 10.1. The van der Waals surface area contributed by atoms with Crippen LogP contribution in [0.1, 0.15) is 34.6 Å². The summed E-state index contributed by atoms with van der Waals surface area (Å²) in [5, 5.41) is 0. The molecule has 1 aromatic rings. The number of hydrogen-bond donors (Lipinski definition) is 1. The Morgan fingerprint density at radius 3 is 2.33 bits per heavy atom. The van der Waals surface area contributed by atoms with Crippen molar-refractivity contribution >= 4 is 33.4 Å². The molecule has 0 radical (unpaired) electrons. The first-order chi connectivity index (χ1) is 11.0. The lowest BCUT2D eigenvalue weighted by molar-refractivity contribution is 0.00567. The van der Waals surface area contributed by atoms with E-state index in [1.807, 2.05) is 39.5 Å². The van der Waals surface area contributed by atoms with Crippen LogP contribution >= 0.6 is 15.9 Å². The summed E-state index contributed by atoms with van der Waals surface area (Å²) in [5.74, 6) is -0.353. The van der Waals surface area contributed by atoms with Gasteiger partial charge in [-0.15, -0.1) is 0 Å². The summed E-state index contributed by atoms with van der Waals surface area (Å²) in [4.78, 5) is 16.2. The molecular formula is C17H25BrFN3O2. The van der Waals surface area contributed by atoms with Gasteiger partial charge in [-0.2, -0.15) is 0 Å². The Hall–Kier alpha value is -1.50. The molecule has 1 aliphatic heterocycles. The molecule has 2 rings (SSSR count). The number of anilines is 2. The molecule has 0 bridgehead atoms. The third-order valence-corrected chi connectivity index (χ3v) is 4.54.